The maximum atomic E-state index is 15.3. The predicted molar refractivity (Wildman–Crippen MR) is 126 cm³/mol. The zero-order chi connectivity index (χ0) is 27.8. The Morgan fingerprint density at radius 1 is 1.24 bits per heavy atom. The summed E-state index contributed by atoms with van der Waals surface area (Å²) in [4.78, 5) is 29.3. The number of nitrogens with zero attached hydrogens (tertiary/aromatic N) is 2. The zero-order valence-electron chi connectivity index (χ0n) is 21.0. The van der Waals surface area contributed by atoms with Crippen LogP contribution in [0.3, 0.4) is 0 Å². The normalized spacial score (nSPS) is 26.1. The molecule has 4 rings (SSSR count). The Hall–Kier alpha value is -3.10. The molecule has 2 aromatic rings. The summed E-state index contributed by atoms with van der Waals surface area (Å²) in [6, 6.07) is 4.03. The SMILES string of the molecule is COc1cc(OC)c(OC)c(C(=O)Nc2ccn(C3OC4COP(=O)(OC(C)C)O[C@H]4C3(F)F)c(=O)n2)c1. The van der Waals surface area contributed by atoms with Gasteiger partial charge in [-0.3, -0.25) is 22.9 Å². The third kappa shape index (κ3) is 5.24. The van der Waals surface area contributed by atoms with Crippen molar-refractivity contribution >= 4 is 19.5 Å². The number of methoxy groups -OCH3 is 3. The number of rotatable bonds is 8. The van der Waals surface area contributed by atoms with Gasteiger partial charge in [-0.25, -0.2) is 9.36 Å². The highest BCUT2D eigenvalue weighted by molar-refractivity contribution is 7.48. The Labute approximate surface area is 215 Å². The summed E-state index contributed by atoms with van der Waals surface area (Å²) in [5, 5.41) is 2.41. The average Bonchev–Trinajstić information content (AvgIpc) is 3.11. The number of carbonyl (C=O) groups excluding carboxylic acids is 1. The van der Waals surface area contributed by atoms with Crippen LogP contribution in [0.4, 0.5) is 14.6 Å². The topological polar surface area (TPSA) is 146 Å². The number of phosphoric ester groups is 1. The molecule has 4 atom stereocenters. The van der Waals surface area contributed by atoms with Crippen molar-refractivity contribution in [3.8, 4) is 17.2 Å². The van der Waals surface area contributed by atoms with E-state index in [2.05, 4.69) is 10.3 Å². The Balaban J connectivity index is 1.56. The number of amides is 1. The maximum Gasteiger partial charge on any atom is 0.475 e. The van der Waals surface area contributed by atoms with E-state index in [1.165, 1.54) is 47.3 Å². The minimum atomic E-state index is -4.26. The summed E-state index contributed by atoms with van der Waals surface area (Å²) >= 11 is 0. The molecule has 2 saturated heterocycles. The second kappa shape index (κ2) is 10.6. The van der Waals surface area contributed by atoms with Crippen molar-refractivity contribution in [1.29, 1.82) is 0 Å². The summed E-state index contributed by atoms with van der Waals surface area (Å²) in [5.41, 5.74) is -1.14. The lowest BCUT2D eigenvalue weighted by molar-refractivity contribution is -0.139. The molecule has 1 aromatic carbocycles. The highest BCUT2D eigenvalue weighted by Gasteiger charge is 2.65. The summed E-state index contributed by atoms with van der Waals surface area (Å²) in [7, 11) is -0.147. The fourth-order valence-electron chi connectivity index (χ4n) is 3.95. The van der Waals surface area contributed by atoms with Gasteiger partial charge in [-0.05, 0) is 26.0 Å². The highest BCUT2D eigenvalue weighted by Crippen LogP contribution is 2.60. The number of phosphoric acid groups is 1. The summed E-state index contributed by atoms with van der Waals surface area (Å²) < 4.78 is 79.7. The average molecular weight is 561 g/mol. The minimum absolute atomic E-state index is 0.00890. The van der Waals surface area contributed by atoms with Gasteiger partial charge in [-0.15, -0.1) is 0 Å². The molecule has 1 aromatic heterocycles. The second-order valence-corrected chi connectivity index (χ2v) is 10.1. The van der Waals surface area contributed by atoms with Gasteiger partial charge in [0.25, 0.3) is 5.91 Å². The van der Waals surface area contributed by atoms with E-state index >= 15 is 8.78 Å². The molecule has 0 saturated carbocycles. The molecular weight excluding hydrogens is 535 g/mol. The number of aromatic nitrogens is 2. The number of alkyl halides is 2. The lowest BCUT2D eigenvalue weighted by atomic mass is 10.1. The van der Waals surface area contributed by atoms with E-state index in [-0.39, 0.29) is 22.9 Å². The van der Waals surface area contributed by atoms with Crippen molar-refractivity contribution in [2.45, 2.75) is 44.3 Å². The minimum Gasteiger partial charge on any atom is -0.497 e. The number of nitrogens with one attached hydrogen (secondary N) is 1. The van der Waals surface area contributed by atoms with Crippen molar-refractivity contribution in [2.24, 2.45) is 0 Å². The fourth-order valence-corrected chi connectivity index (χ4v) is 5.52. The van der Waals surface area contributed by atoms with Gasteiger partial charge < -0.3 is 24.3 Å². The van der Waals surface area contributed by atoms with Crippen LogP contribution >= 0.6 is 7.82 Å². The number of hydrogen-bond donors (Lipinski definition) is 1. The van der Waals surface area contributed by atoms with Crippen molar-refractivity contribution in [1.82, 2.24) is 9.55 Å². The summed E-state index contributed by atoms with van der Waals surface area (Å²) in [6.45, 7) is 2.58. The molecule has 2 aliphatic heterocycles. The lowest BCUT2D eigenvalue weighted by Crippen LogP contribution is -2.45. The number of fused-ring (bicyclic) bond motifs is 1. The third-order valence-corrected chi connectivity index (χ3v) is 7.22. The van der Waals surface area contributed by atoms with Crippen LogP contribution in [0.25, 0.3) is 0 Å². The van der Waals surface area contributed by atoms with Crippen molar-refractivity contribution in [3.05, 3.63) is 40.4 Å². The zero-order valence-corrected chi connectivity index (χ0v) is 21.9. The van der Waals surface area contributed by atoms with Gasteiger partial charge in [0.1, 0.15) is 17.7 Å². The van der Waals surface area contributed by atoms with Crippen LogP contribution in [0.15, 0.2) is 29.2 Å². The lowest BCUT2D eigenvalue weighted by Gasteiger charge is -2.32. The van der Waals surface area contributed by atoms with E-state index < -0.39 is 56.5 Å². The molecule has 0 radical (unpaired) electrons. The monoisotopic (exact) mass is 561 g/mol. The van der Waals surface area contributed by atoms with Gasteiger partial charge in [0, 0.05) is 12.3 Å². The van der Waals surface area contributed by atoms with Gasteiger partial charge in [-0.2, -0.15) is 13.8 Å². The van der Waals surface area contributed by atoms with Gasteiger partial charge >= 0.3 is 19.4 Å². The van der Waals surface area contributed by atoms with Crippen LogP contribution in [0, 0.1) is 0 Å². The molecular formula is C22H26F2N3O10P. The molecule has 38 heavy (non-hydrogen) atoms. The van der Waals surface area contributed by atoms with E-state index in [1.54, 1.807) is 0 Å². The quantitative estimate of drug-likeness (QED) is 0.475. The van der Waals surface area contributed by atoms with Gasteiger partial charge in [-0.1, -0.05) is 0 Å². The smallest absolute Gasteiger partial charge is 0.475 e. The third-order valence-electron chi connectivity index (χ3n) is 5.59. The number of benzene rings is 1. The van der Waals surface area contributed by atoms with E-state index in [0.29, 0.717) is 10.3 Å². The number of anilines is 1. The molecule has 2 fully saturated rings. The number of carbonyl (C=O) groups is 1. The first kappa shape index (κ1) is 27.9. The summed E-state index contributed by atoms with van der Waals surface area (Å²) in [5.74, 6) is -4.14. The first-order valence-electron chi connectivity index (χ1n) is 11.3. The first-order valence-corrected chi connectivity index (χ1v) is 12.7. The van der Waals surface area contributed by atoms with E-state index in [1.807, 2.05) is 0 Å². The van der Waals surface area contributed by atoms with Crippen LogP contribution in [0.1, 0.15) is 30.4 Å². The van der Waals surface area contributed by atoms with Crippen molar-refractivity contribution < 1.29 is 50.7 Å². The van der Waals surface area contributed by atoms with Crippen LogP contribution in [-0.4, -0.2) is 67.6 Å². The molecule has 1 amide bonds. The molecule has 0 aliphatic carbocycles. The van der Waals surface area contributed by atoms with Gasteiger partial charge in [0.05, 0.1) is 39.6 Å². The summed E-state index contributed by atoms with van der Waals surface area (Å²) in [6.07, 6.45) is -5.09. The number of ether oxygens (including phenoxy) is 4. The first-order chi connectivity index (χ1) is 17.9. The highest BCUT2D eigenvalue weighted by atomic mass is 31.2. The standard InChI is InChI=1S/C22H26F2N3O10P/c1-11(2)36-38(30)34-10-15-18(37-38)22(23,24)20(35-15)27-7-6-16(26-21(27)29)25-19(28)13-8-12(31-3)9-14(32-4)17(13)33-5/h6-9,11,15,18,20H,10H2,1-5H3,(H,25,26,28,29)/t15?,18-,20?,38?/m1/s1. The molecule has 3 unspecified atom stereocenters. The van der Waals surface area contributed by atoms with E-state index in [4.69, 9.17) is 32.5 Å². The second-order valence-electron chi connectivity index (χ2n) is 8.49. The predicted octanol–water partition coefficient (Wildman–Crippen LogP) is 3.00. The van der Waals surface area contributed by atoms with E-state index in [0.717, 1.165) is 12.3 Å². The molecule has 13 nitrogen and oxygen atoms in total. The Kier molecular flexibility index (Phi) is 7.77. The van der Waals surface area contributed by atoms with Crippen LogP contribution in [0.5, 0.6) is 17.2 Å². The van der Waals surface area contributed by atoms with Crippen molar-refractivity contribution in [2.75, 3.05) is 33.3 Å². The van der Waals surface area contributed by atoms with Crippen LogP contribution < -0.4 is 25.2 Å². The molecule has 208 valence electrons. The molecule has 2 aliphatic rings. The number of halogens is 2. The molecule has 0 spiro atoms. The molecule has 1 N–H and O–H groups in total. The van der Waals surface area contributed by atoms with Crippen LogP contribution in [-0.2, 0) is 22.9 Å². The Bertz CT molecular complexity index is 1320. The van der Waals surface area contributed by atoms with Gasteiger partial charge in [0.15, 0.2) is 17.6 Å². The van der Waals surface area contributed by atoms with Gasteiger partial charge in [0.2, 0.25) is 6.23 Å². The maximum absolute atomic E-state index is 15.3. The molecule has 16 heteroatoms. The largest absolute Gasteiger partial charge is 0.497 e. The fraction of sp³-hybridized carbons (Fsp3) is 0.500. The molecule has 0 bridgehead atoms. The van der Waals surface area contributed by atoms with E-state index in [9.17, 15) is 14.2 Å². The molecule has 3 heterocycles. The Morgan fingerprint density at radius 3 is 2.58 bits per heavy atom. The number of hydrogen-bond acceptors (Lipinski definition) is 11. The van der Waals surface area contributed by atoms with Crippen LogP contribution in [0.2, 0.25) is 0 Å². The Morgan fingerprint density at radius 2 is 1.97 bits per heavy atom. The van der Waals surface area contributed by atoms with Crippen molar-refractivity contribution in [3.63, 3.8) is 0 Å².